The van der Waals surface area contributed by atoms with Crippen LogP contribution in [0.5, 0.6) is 0 Å². The molecule has 2 heterocycles. The third-order valence-electron chi connectivity index (χ3n) is 18.8. The standard InChI is InChI=1S/C79H84N2O4/c1-7-58-45-56(46-59(8-2)76(58)80-74(82)41-42-75(80)83)44-57-47-60(9-3)77(61(10-4)48-57)81-78(84)55(6)73(79(81)85)53-72(67-39-27-16-28-40-67)52-71(66-37-25-15-26-38-66)51-70(65-35-23-14-24-36-65)50-69(64-33-21-13-22-34-64)49-68(63-31-19-12-20-32-63)43-54(5)62-29-17-11-18-30-62/h11-42,45-48,54-55,68-73H,7-10,43-44,49-53H2,1-6H3. The summed E-state index contributed by atoms with van der Waals surface area (Å²) in [4.78, 5) is 59.2. The predicted molar refractivity (Wildman–Crippen MR) is 348 cm³/mol. The highest BCUT2D eigenvalue weighted by Crippen LogP contribution is 2.48. The fourth-order valence-electron chi connectivity index (χ4n) is 14.3. The second kappa shape index (κ2) is 28.1. The van der Waals surface area contributed by atoms with Gasteiger partial charge in [0.1, 0.15) is 0 Å². The smallest absolute Gasteiger partial charge is 0.258 e. The van der Waals surface area contributed by atoms with Gasteiger partial charge in [-0.2, -0.15) is 0 Å². The summed E-state index contributed by atoms with van der Waals surface area (Å²) in [6, 6.07) is 75.0. The van der Waals surface area contributed by atoms with Crippen molar-refractivity contribution < 1.29 is 19.2 Å². The minimum absolute atomic E-state index is 0.0112. The zero-order chi connectivity index (χ0) is 59.4. The van der Waals surface area contributed by atoms with Crippen LogP contribution in [-0.2, 0) is 51.3 Å². The maximum absolute atomic E-state index is 15.5. The van der Waals surface area contributed by atoms with Gasteiger partial charge in [0, 0.05) is 18.1 Å². The molecule has 0 N–H and O–H groups in total. The van der Waals surface area contributed by atoms with Gasteiger partial charge in [0.2, 0.25) is 11.8 Å². The van der Waals surface area contributed by atoms with E-state index in [9.17, 15) is 14.4 Å². The lowest BCUT2D eigenvalue weighted by molar-refractivity contribution is -0.123. The number of hydrogen-bond acceptors (Lipinski definition) is 4. The molecular formula is C79H84N2O4. The molecule has 0 bridgehead atoms. The van der Waals surface area contributed by atoms with Crippen molar-refractivity contribution in [3.63, 3.8) is 0 Å². The quantitative estimate of drug-likeness (QED) is 0.0506. The Morgan fingerprint density at radius 1 is 0.365 bits per heavy atom. The van der Waals surface area contributed by atoms with E-state index in [-0.39, 0.29) is 47.3 Å². The van der Waals surface area contributed by atoms with Gasteiger partial charge in [0.25, 0.3) is 11.8 Å². The SMILES string of the molecule is CCc1cc(Cc2cc(CC)c(N3C(=O)C(C)C(CC(CC(CC(CC(CC(CC(C)c4ccccc4)c4ccccc4)c4ccccc4)c4ccccc4)c4ccccc4)c4ccccc4)C3=O)c(CC)c2)cc(CC)c1N1C(=O)C=CC1=O. The molecule has 0 spiro atoms. The largest absolute Gasteiger partial charge is 0.274 e. The number of imide groups is 2. The minimum atomic E-state index is -0.508. The summed E-state index contributed by atoms with van der Waals surface area (Å²) in [6.07, 6.45) is 11.3. The fraction of sp³-hybridized carbons (Fsp3) is 0.316. The lowest BCUT2D eigenvalue weighted by Gasteiger charge is -2.33. The summed E-state index contributed by atoms with van der Waals surface area (Å²) in [7, 11) is 0. The lowest BCUT2D eigenvalue weighted by Crippen LogP contribution is -2.33. The Balaban J connectivity index is 0.957. The Hall–Kier alpha value is -8.22. The van der Waals surface area contributed by atoms with E-state index in [0.717, 1.165) is 71.2 Å². The zero-order valence-electron chi connectivity index (χ0n) is 50.7. The van der Waals surface area contributed by atoms with Gasteiger partial charge in [-0.15, -0.1) is 0 Å². The first-order chi connectivity index (χ1) is 41.5. The monoisotopic (exact) mass is 1120 g/mol. The summed E-state index contributed by atoms with van der Waals surface area (Å²) in [5.74, 6) is -0.513. The maximum atomic E-state index is 15.5. The summed E-state index contributed by atoms with van der Waals surface area (Å²) in [5.41, 5.74) is 15.5. The minimum Gasteiger partial charge on any atom is -0.274 e. The van der Waals surface area contributed by atoms with E-state index in [4.69, 9.17) is 0 Å². The predicted octanol–water partition coefficient (Wildman–Crippen LogP) is 18.1. The summed E-state index contributed by atoms with van der Waals surface area (Å²) in [6.45, 7) is 12.7. The van der Waals surface area contributed by atoms with Crippen molar-refractivity contribution in [1.29, 1.82) is 0 Å². The number of benzene rings is 8. The van der Waals surface area contributed by atoms with Crippen LogP contribution in [0, 0.1) is 11.8 Å². The van der Waals surface area contributed by atoms with E-state index >= 15 is 4.79 Å². The summed E-state index contributed by atoms with van der Waals surface area (Å²) < 4.78 is 0. The zero-order valence-corrected chi connectivity index (χ0v) is 50.7. The van der Waals surface area contributed by atoms with Gasteiger partial charge in [-0.1, -0.05) is 248 Å². The number of anilines is 2. The van der Waals surface area contributed by atoms with Crippen molar-refractivity contribution in [2.24, 2.45) is 11.8 Å². The van der Waals surface area contributed by atoms with Crippen molar-refractivity contribution in [2.45, 2.75) is 148 Å². The fourth-order valence-corrected chi connectivity index (χ4v) is 14.3. The van der Waals surface area contributed by atoms with Crippen molar-refractivity contribution in [3.05, 3.63) is 285 Å². The van der Waals surface area contributed by atoms with Gasteiger partial charge in [0.15, 0.2) is 0 Å². The molecule has 8 unspecified atom stereocenters. The number of carbonyl (C=O) groups excluding carboxylic acids is 4. The summed E-state index contributed by atoms with van der Waals surface area (Å²) >= 11 is 0. The maximum Gasteiger partial charge on any atom is 0.258 e. The second-order valence-corrected chi connectivity index (χ2v) is 24.1. The third kappa shape index (κ3) is 13.8. The van der Waals surface area contributed by atoms with Crippen LogP contribution in [0.1, 0.15) is 182 Å². The number of hydrogen-bond donors (Lipinski definition) is 0. The Morgan fingerprint density at radius 2 is 0.659 bits per heavy atom. The van der Waals surface area contributed by atoms with E-state index in [1.54, 1.807) is 4.90 Å². The molecule has 6 heteroatoms. The Morgan fingerprint density at radius 3 is 1.00 bits per heavy atom. The molecule has 4 amide bonds. The second-order valence-electron chi connectivity index (χ2n) is 24.1. The molecule has 0 aromatic heterocycles. The molecule has 85 heavy (non-hydrogen) atoms. The normalized spacial score (nSPS) is 17.3. The first kappa shape index (κ1) is 59.9. The molecular weight excluding hydrogens is 1040 g/mol. The number of amides is 4. The highest BCUT2D eigenvalue weighted by Gasteiger charge is 2.48. The molecule has 1 saturated heterocycles. The molecule has 8 atom stereocenters. The lowest BCUT2D eigenvalue weighted by atomic mass is 9.71. The van der Waals surface area contributed by atoms with Gasteiger partial charge in [-0.3, -0.25) is 19.2 Å². The van der Waals surface area contributed by atoms with Crippen LogP contribution >= 0.6 is 0 Å². The van der Waals surface area contributed by atoms with Crippen LogP contribution in [0.2, 0.25) is 0 Å². The van der Waals surface area contributed by atoms with Crippen LogP contribution in [0.25, 0.3) is 0 Å². The average Bonchev–Trinajstić information content (AvgIpc) is 2.29. The molecule has 2 aliphatic rings. The van der Waals surface area contributed by atoms with Gasteiger partial charge in [-0.25, -0.2) is 9.80 Å². The molecule has 2 aliphatic heterocycles. The molecule has 10 rings (SSSR count). The Labute approximate surface area is 506 Å². The van der Waals surface area contributed by atoms with E-state index in [2.05, 4.69) is 241 Å². The molecule has 434 valence electrons. The number of rotatable bonds is 26. The van der Waals surface area contributed by atoms with E-state index in [1.165, 1.54) is 50.4 Å². The molecule has 0 aliphatic carbocycles. The van der Waals surface area contributed by atoms with E-state index in [1.807, 2.05) is 6.92 Å². The van der Waals surface area contributed by atoms with Gasteiger partial charge in [-0.05, 0) is 173 Å². The van der Waals surface area contributed by atoms with Crippen molar-refractivity contribution in [3.8, 4) is 0 Å². The molecule has 0 saturated carbocycles. The highest BCUT2D eigenvalue weighted by molar-refractivity contribution is 6.28. The average molecular weight is 1130 g/mol. The third-order valence-corrected chi connectivity index (χ3v) is 18.8. The van der Waals surface area contributed by atoms with Crippen LogP contribution < -0.4 is 9.80 Å². The number of carbonyl (C=O) groups is 4. The first-order valence-electron chi connectivity index (χ1n) is 31.5. The molecule has 1 fully saturated rings. The summed E-state index contributed by atoms with van der Waals surface area (Å²) in [5, 5.41) is 0. The van der Waals surface area contributed by atoms with Gasteiger partial charge in [0.05, 0.1) is 17.3 Å². The molecule has 6 nitrogen and oxygen atoms in total. The topological polar surface area (TPSA) is 74.8 Å². The van der Waals surface area contributed by atoms with Crippen molar-refractivity contribution >= 4 is 35.0 Å². The van der Waals surface area contributed by atoms with Crippen molar-refractivity contribution in [2.75, 3.05) is 9.80 Å². The molecule has 8 aromatic rings. The van der Waals surface area contributed by atoms with Crippen LogP contribution in [-0.4, -0.2) is 23.6 Å². The van der Waals surface area contributed by atoms with Crippen LogP contribution in [0.3, 0.4) is 0 Å². The van der Waals surface area contributed by atoms with Crippen molar-refractivity contribution in [1.82, 2.24) is 0 Å². The van der Waals surface area contributed by atoms with Crippen LogP contribution in [0.15, 0.2) is 218 Å². The number of aryl methyl sites for hydroxylation is 4. The molecule has 8 aromatic carbocycles. The Bertz CT molecular complexity index is 3500. The van der Waals surface area contributed by atoms with Crippen LogP contribution in [0.4, 0.5) is 11.4 Å². The van der Waals surface area contributed by atoms with Gasteiger partial charge >= 0.3 is 0 Å². The first-order valence-corrected chi connectivity index (χ1v) is 31.5. The van der Waals surface area contributed by atoms with Gasteiger partial charge < -0.3 is 0 Å². The molecule has 0 radical (unpaired) electrons. The Kier molecular flexibility index (Phi) is 19.8. The van der Waals surface area contributed by atoms with E-state index < -0.39 is 11.8 Å². The van der Waals surface area contributed by atoms with E-state index in [0.29, 0.717) is 56.0 Å². The highest BCUT2D eigenvalue weighted by atomic mass is 16.2. The number of nitrogens with zero attached hydrogens (tertiary/aromatic N) is 2.